The Morgan fingerprint density at radius 3 is 2.75 bits per heavy atom. The summed E-state index contributed by atoms with van der Waals surface area (Å²) in [7, 11) is 3.27. The van der Waals surface area contributed by atoms with Gasteiger partial charge in [-0.3, -0.25) is 14.7 Å². The number of rotatable bonds is 5. The zero-order chi connectivity index (χ0) is 14.5. The second kappa shape index (κ2) is 6.29. The summed E-state index contributed by atoms with van der Waals surface area (Å²) in [5, 5.41) is 8.24. The van der Waals surface area contributed by atoms with Crippen LogP contribution in [0.1, 0.15) is 15.5 Å². The van der Waals surface area contributed by atoms with Crippen LogP contribution in [0.4, 0.5) is 0 Å². The molecule has 0 fully saturated rings. The van der Waals surface area contributed by atoms with Crippen molar-refractivity contribution in [2.45, 2.75) is 6.54 Å². The molecule has 8 heteroatoms. The number of amides is 2. The van der Waals surface area contributed by atoms with Crippen molar-refractivity contribution in [3.63, 3.8) is 0 Å². The number of nitrogens with one attached hydrogen (secondary N) is 1. The minimum Gasteiger partial charge on any atom is -0.337 e. The third-order valence-electron chi connectivity index (χ3n) is 2.73. The molecular formula is C12H15N5O2S. The third-order valence-corrected chi connectivity index (χ3v) is 3.59. The van der Waals surface area contributed by atoms with Gasteiger partial charge in [0.05, 0.1) is 18.0 Å². The second-order valence-corrected chi connectivity index (χ2v) is 5.27. The zero-order valence-corrected chi connectivity index (χ0v) is 12.1. The Kier molecular flexibility index (Phi) is 4.46. The maximum Gasteiger partial charge on any atom is 0.264 e. The Morgan fingerprint density at radius 2 is 2.15 bits per heavy atom. The van der Waals surface area contributed by atoms with Gasteiger partial charge in [-0.1, -0.05) is 6.07 Å². The average molecular weight is 293 g/mol. The molecule has 2 aromatic rings. The number of thiophene rings is 1. The minimum absolute atomic E-state index is 0.0291. The number of aromatic amines is 1. The monoisotopic (exact) mass is 293 g/mol. The van der Waals surface area contributed by atoms with Crippen molar-refractivity contribution in [1.29, 1.82) is 0 Å². The lowest BCUT2D eigenvalue weighted by atomic mass is 10.4. The number of nitrogens with zero attached hydrogens (tertiary/aromatic N) is 4. The van der Waals surface area contributed by atoms with E-state index in [9.17, 15) is 9.59 Å². The fourth-order valence-electron chi connectivity index (χ4n) is 1.60. The van der Waals surface area contributed by atoms with Crippen molar-refractivity contribution in [1.82, 2.24) is 25.0 Å². The molecule has 0 saturated heterocycles. The molecule has 2 aromatic heterocycles. The summed E-state index contributed by atoms with van der Waals surface area (Å²) < 4.78 is 0. The van der Waals surface area contributed by atoms with Crippen LogP contribution in [-0.2, 0) is 11.3 Å². The molecule has 0 unspecified atom stereocenters. The van der Waals surface area contributed by atoms with Gasteiger partial charge < -0.3 is 9.80 Å². The lowest BCUT2D eigenvalue weighted by Gasteiger charge is -2.20. The van der Waals surface area contributed by atoms with E-state index in [1.807, 2.05) is 11.4 Å². The summed E-state index contributed by atoms with van der Waals surface area (Å²) in [6.45, 7) is 0.362. The van der Waals surface area contributed by atoms with Crippen molar-refractivity contribution in [3.05, 3.63) is 34.5 Å². The van der Waals surface area contributed by atoms with Gasteiger partial charge in [0.1, 0.15) is 12.2 Å². The largest absolute Gasteiger partial charge is 0.337 e. The van der Waals surface area contributed by atoms with Gasteiger partial charge in [-0.05, 0) is 11.4 Å². The molecule has 7 nitrogen and oxygen atoms in total. The van der Waals surface area contributed by atoms with Crippen LogP contribution in [0.3, 0.4) is 0 Å². The molecule has 20 heavy (non-hydrogen) atoms. The van der Waals surface area contributed by atoms with Gasteiger partial charge in [0, 0.05) is 14.1 Å². The van der Waals surface area contributed by atoms with Crippen LogP contribution in [0.25, 0.3) is 0 Å². The van der Waals surface area contributed by atoms with E-state index in [0.717, 1.165) is 0 Å². The predicted octanol–water partition coefficient (Wildman–Crippen LogP) is 0.597. The summed E-state index contributed by atoms with van der Waals surface area (Å²) in [6, 6.07) is 3.55. The Hall–Kier alpha value is -2.22. The van der Waals surface area contributed by atoms with Crippen LogP contribution in [0, 0.1) is 0 Å². The van der Waals surface area contributed by atoms with Crippen molar-refractivity contribution in [3.8, 4) is 0 Å². The summed E-state index contributed by atoms with van der Waals surface area (Å²) in [5.41, 5.74) is 0. The normalized spacial score (nSPS) is 10.3. The summed E-state index contributed by atoms with van der Waals surface area (Å²) in [4.78, 5) is 31.5. The number of carbonyl (C=O) groups excluding carboxylic acids is 2. The van der Waals surface area contributed by atoms with Crippen molar-refractivity contribution in [2.75, 3.05) is 20.6 Å². The van der Waals surface area contributed by atoms with E-state index < -0.39 is 0 Å². The number of hydrogen-bond acceptors (Lipinski definition) is 5. The molecule has 2 amide bonds. The van der Waals surface area contributed by atoms with Crippen LogP contribution >= 0.6 is 11.3 Å². The molecule has 2 rings (SSSR count). The molecular weight excluding hydrogens is 278 g/mol. The Balaban J connectivity index is 1.88. The molecule has 0 bridgehead atoms. The molecule has 0 atom stereocenters. The van der Waals surface area contributed by atoms with Crippen LogP contribution < -0.4 is 0 Å². The SMILES string of the molecule is CN(Cc1ncn[nH]1)C(=O)CN(C)C(=O)c1cccs1. The number of aromatic nitrogens is 3. The van der Waals surface area contributed by atoms with Crippen molar-refractivity contribution >= 4 is 23.2 Å². The molecule has 2 heterocycles. The molecule has 0 spiro atoms. The topological polar surface area (TPSA) is 82.2 Å². The lowest BCUT2D eigenvalue weighted by molar-refractivity contribution is -0.131. The van der Waals surface area contributed by atoms with Gasteiger partial charge in [-0.2, -0.15) is 5.10 Å². The molecule has 1 N–H and O–H groups in total. The standard InChI is InChI=1S/C12H15N5O2S/c1-16(6-10-13-8-14-15-10)11(18)7-17(2)12(19)9-4-3-5-20-9/h3-5,8H,6-7H2,1-2H3,(H,13,14,15). The highest BCUT2D eigenvalue weighted by atomic mass is 32.1. The van der Waals surface area contributed by atoms with Crippen LogP contribution in [0.15, 0.2) is 23.8 Å². The summed E-state index contributed by atoms with van der Waals surface area (Å²) in [6.07, 6.45) is 1.39. The predicted molar refractivity (Wildman–Crippen MR) is 74.1 cm³/mol. The first-order valence-electron chi connectivity index (χ1n) is 5.95. The molecule has 0 aliphatic rings. The summed E-state index contributed by atoms with van der Waals surface area (Å²) in [5.74, 6) is 0.295. The van der Waals surface area contributed by atoms with E-state index in [1.54, 1.807) is 20.2 Å². The quantitative estimate of drug-likeness (QED) is 0.875. The smallest absolute Gasteiger partial charge is 0.264 e. The molecule has 0 aromatic carbocycles. The minimum atomic E-state index is -0.159. The van der Waals surface area contributed by atoms with Gasteiger partial charge in [0.15, 0.2) is 0 Å². The lowest BCUT2D eigenvalue weighted by Crippen LogP contribution is -2.39. The molecule has 0 saturated carbocycles. The van der Waals surface area contributed by atoms with Gasteiger partial charge in [-0.15, -0.1) is 11.3 Å². The first-order chi connectivity index (χ1) is 9.58. The van der Waals surface area contributed by atoms with Gasteiger partial charge in [-0.25, -0.2) is 4.98 Å². The van der Waals surface area contributed by atoms with E-state index in [4.69, 9.17) is 0 Å². The second-order valence-electron chi connectivity index (χ2n) is 4.32. The molecule has 0 aliphatic heterocycles. The molecule has 0 aliphatic carbocycles. The molecule has 106 valence electrons. The van der Waals surface area contributed by atoms with E-state index in [0.29, 0.717) is 17.2 Å². The van der Waals surface area contributed by atoms with E-state index >= 15 is 0 Å². The maximum absolute atomic E-state index is 12.0. The number of carbonyl (C=O) groups is 2. The van der Waals surface area contributed by atoms with Gasteiger partial charge in [0.25, 0.3) is 5.91 Å². The van der Waals surface area contributed by atoms with Crippen molar-refractivity contribution in [2.24, 2.45) is 0 Å². The fourth-order valence-corrected chi connectivity index (χ4v) is 2.32. The van der Waals surface area contributed by atoms with E-state index in [1.165, 1.54) is 27.5 Å². The molecule has 0 radical (unpaired) electrons. The van der Waals surface area contributed by atoms with E-state index in [2.05, 4.69) is 15.2 Å². The Bertz CT molecular complexity index is 567. The first kappa shape index (κ1) is 14.2. The van der Waals surface area contributed by atoms with Crippen LogP contribution in [-0.4, -0.2) is 57.4 Å². The average Bonchev–Trinajstić information content (AvgIpc) is 3.10. The van der Waals surface area contributed by atoms with Crippen LogP contribution in [0.5, 0.6) is 0 Å². The number of likely N-dealkylation sites (N-methyl/N-ethyl adjacent to an activating group) is 2. The highest BCUT2D eigenvalue weighted by Gasteiger charge is 2.18. The first-order valence-corrected chi connectivity index (χ1v) is 6.83. The van der Waals surface area contributed by atoms with Crippen molar-refractivity contribution < 1.29 is 9.59 Å². The van der Waals surface area contributed by atoms with Gasteiger partial charge >= 0.3 is 0 Å². The van der Waals surface area contributed by atoms with Gasteiger partial charge in [0.2, 0.25) is 5.91 Å². The highest BCUT2D eigenvalue weighted by Crippen LogP contribution is 2.11. The zero-order valence-electron chi connectivity index (χ0n) is 11.2. The fraction of sp³-hybridized carbons (Fsp3) is 0.333. The Labute approximate surface area is 120 Å². The number of H-pyrrole nitrogens is 1. The highest BCUT2D eigenvalue weighted by molar-refractivity contribution is 7.12. The number of hydrogen-bond donors (Lipinski definition) is 1. The van der Waals surface area contributed by atoms with Crippen LogP contribution in [0.2, 0.25) is 0 Å². The van der Waals surface area contributed by atoms with E-state index in [-0.39, 0.29) is 18.4 Å². The Morgan fingerprint density at radius 1 is 1.35 bits per heavy atom. The summed E-state index contributed by atoms with van der Waals surface area (Å²) >= 11 is 1.36. The maximum atomic E-state index is 12.0. The third kappa shape index (κ3) is 3.41.